The fraction of sp³-hybridized carbons (Fsp3) is 0.372. The number of anilines is 1. The number of guanidine groups is 1. The Balaban J connectivity index is 1.28. The molecular formula is C43H53N9O3. The molecule has 2 atom stereocenters. The van der Waals surface area contributed by atoms with E-state index in [-0.39, 0.29) is 30.4 Å². The molecule has 1 unspecified atom stereocenters. The number of nitrogens with one attached hydrogen (secondary N) is 3. The summed E-state index contributed by atoms with van der Waals surface area (Å²) in [4.78, 5) is 60.5. The van der Waals surface area contributed by atoms with Gasteiger partial charge in [0.2, 0.25) is 12.4 Å². The molecule has 12 heteroatoms. The highest BCUT2D eigenvalue weighted by Gasteiger charge is 2.32. The van der Waals surface area contributed by atoms with E-state index in [4.69, 9.17) is 4.99 Å². The Hall–Kier alpha value is -5.91. The summed E-state index contributed by atoms with van der Waals surface area (Å²) in [5.41, 5.74) is 7.58. The van der Waals surface area contributed by atoms with Gasteiger partial charge in [-0.15, -0.1) is 6.58 Å². The summed E-state index contributed by atoms with van der Waals surface area (Å²) in [6.07, 6.45) is 13.7. The van der Waals surface area contributed by atoms with Crippen molar-refractivity contribution >= 4 is 47.5 Å². The van der Waals surface area contributed by atoms with Crippen molar-refractivity contribution in [2.75, 3.05) is 31.7 Å². The Labute approximate surface area is 324 Å². The predicted octanol–water partition coefficient (Wildman–Crippen LogP) is 5.94. The summed E-state index contributed by atoms with van der Waals surface area (Å²) in [7, 11) is 1.66. The standard InChI is InChI=1S/C43H53N9O3/c1-7-22-52-39-24-33(16-19-36(39)40(32-12-9-8-10-13-32)50-38(42(52)55)23-29(2)3)41(54)48-34-17-14-30(4)37(25-34)44-20-11-21-45-43(47-27-51(6)28-53)49-35-18-15-31(5)46-26-35/h7-10,12-14,16,19,21,24-26,28-29,34,38,44H,1,11,15,17-18,20,22-23,27H2,2-6H3,(H,47,49)(H,48,54)/t34?,38-/m0/s1. The van der Waals surface area contributed by atoms with Crippen molar-refractivity contribution in [2.45, 2.75) is 71.9 Å². The molecule has 55 heavy (non-hydrogen) atoms. The molecule has 2 aliphatic heterocycles. The summed E-state index contributed by atoms with van der Waals surface area (Å²) in [6, 6.07) is 14.6. The number of benzene rings is 2. The Morgan fingerprint density at radius 2 is 1.95 bits per heavy atom. The number of benzodiazepines with no additional fused rings is 1. The third-order valence-corrected chi connectivity index (χ3v) is 9.38. The van der Waals surface area contributed by atoms with Crippen molar-refractivity contribution in [2.24, 2.45) is 25.9 Å². The molecular weight excluding hydrogens is 691 g/mol. The van der Waals surface area contributed by atoms with Gasteiger partial charge in [0, 0.05) is 72.8 Å². The van der Waals surface area contributed by atoms with Gasteiger partial charge in [-0.1, -0.05) is 56.3 Å². The fourth-order valence-corrected chi connectivity index (χ4v) is 6.40. The highest BCUT2D eigenvalue weighted by Crippen LogP contribution is 2.31. The second-order valence-corrected chi connectivity index (χ2v) is 14.4. The monoisotopic (exact) mass is 743 g/mol. The number of carbonyl (C=O) groups is 3. The van der Waals surface area contributed by atoms with Gasteiger partial charge in [0.25, 0.3) is 11.8 Å². The number of rotatable bonds is 15. The van der Waals surface area contributed by atoms with E-state index in [2.05, 4.69) is 57.4 Å². The SMILES string of the molecule is C=CCN1C(=O)[C@H](CC(C)C)N=C(c2ccccc2)c2ccc(C(=O)NC3C=C(NCCC=NC(=NCN(C)C=O)NC4=CN=C(C)CC4)C(C)=CC3)cc21. The maximum atomic E-state index is 14.0. The van der Waals surface area contributed by atoms with Gasteiger partial charge in [0.15, 0.2) is 0 Å². The highest BCUT2D eigenvalue weighted by molar-refractivity contribution is 6.20. The lowest BCUT2D eigenvalue weighted by molar-refractivity contribution is -0.120. The zero-order valence-electron chi connectivity index (χ0n) is 32.6. The van der Waals surface area contributed by atoms with Crippen LogP contribution in [0, 0.1) is 5.92 Å². The first-order chi connectivity index (χ1) is 26.6. The Kier molecular flexibility index (Phi) is 14.2. The molecule has 0 saturated heterocycles. The topological polar surface area (TPSA) is 143 Å². The van der Waals surface area contributed by atoms with Crippen molar-refractivity contribution < 1.29 is 14.4 Å². The number of fused-ring (bicyclic) bond motifs is 1. The normalized spacial score (nSPS) is 18.7. The van der Waals surface area contributed by atoms with Gasteiger partial charge in [-0.05, 0) is 75.3 Å². The molecule has 0 spiro atoms. The van der Waals surface area contributed by atoms with Crippen LogP contribution in [0.25, 0.3) is 0 Å². The molecule has 5 rings (SSSR count). The van der Waals surface area contributed by atoms with Crippen molar-refractivity contribution in [3.63, 3.8) is 0 Å². The molecule has 288 valence electrons. The number of amides is 3. The van der Waals surface area contributed by atoms with Crippen LogP contribution in [-0.4, -0.2) is 85.6 Å². The van der Waals surface area contributed by atoms with E-state index in [9.17, 15) is 14.4 Å². The minimum Gasteiger partial charge on any atom is -0.385 e. The summed E-state index contributed by atoms with van der Waals surface area (Å²) >= 11 is 0. The van der Waals surface area contributed by atoms with Crippen LogP contribution in [0.4, 0.5) is 5.69 Å². The molecule has 0 bridgehead atoms. The summed E-state index contributed by atoms with van der Waals surface area (Å²) in [5, 5.41) is 9.91. The fourth-order valence-electron chi connectivity index (χ4n) is 6.40. The summed E-state index contributed by atoms with van der Waals surface area (Å²) in [6.45, 7) is 13.2. The van der Waals surface area contributed by atoms with Crippen LogP contribution in [-0.2, 0) is 9.59 Å². The van der Waals surface area contributed by atoms with Gasteiger partial charge < -0.3 is 25.8 Å². The molecule has 12 nitrogen and oxygen atoms in total. The van der Waals surface area contributed by atoms with Crippen LogP contribution in [0.15, 0.2) is 116 Å². The summed E-state index contributed by atoms with van der Waals surface area (Å²) < 4.78 is 0. The lowest BCUT2D eigenvalue weighted by atomic mass is 9.97. The Bertz CT molecular complexity index is 1960. The second kappa shape index (κ2) is 19.4. The summed E-state index contributed by atoms with van der Waals surface area (Å²) in [5.74, 6) is 0.341. The van der Waals surface area contributed by atoms with Crippen LogP contribution >= 0.6 is 0 Å². The molecule has 0 saturated carbocycles. The van der Waals surface area contributed by atoms with Crippen molar-refractivity contribution in [1.82, 2.24) is 20.9 Å². The number of aliphatic imine (C=N–C) groups is 4. The molecule has 3 amide bonds. The third-order valence-electron chi connectivity index (χ3n) is 9.38. The average Bonchev–Trinajstić information content (AvgIpc) is 3.29. The smallest absolute Gasteiger partial charge is 0.252 e. The first-order valence-corrected chi connectivity index (χ1v) is 18.9. The van der Waals surface area contributed by atoms with Crippen LogP contribution < -0.4 is 20.9 Å². The average molecular weight is 744 g/mol. The van der Waals surface area contributed by atoms with Crippen molar-refractivity contribution in [3.05, 3.63) is 113 Å². The number of hydrogen-bond acceptors (Lipinski definition) is 7. The maximum absolute atomic E-state index is 14.0. The Morgan fingerprint density at radius 3 is 2.65 bits per heavy atom. The molecule has 2 aromatic carbocycles. The first kappa shape index (κ1) is 40.3. The van der Waals surface area contributed by atoms with Crippen LogP contribution in [0.1, 0.15) is 81.3 Å². The molecule has 3 aliphatic rings. The lowest BCUT2D eigenvalue weighted by Crippen LogP contribution is -2.39. The minimum absolute atomic E-state index is 0.105. The Morgan fingerprint density at radius 1 is 1.15 bits per heavy atom. The lowest BCUT2D eigenvalue weighted by Gasteiger charge is -2.25. The zero-order valence-corrected chi connectivity index (χ0v) is 32.6. The van der Waals surface area contributed by atoms with E-state index in [1.54, 1.807) is 42.6 Å². The van der Waals surface area contributed by atoms with E-state index in [0.717, 1.165) is 58.8 Å². The molecule has 0 fully saturated rings. The van der Waals surface area contributed by atoms with Crippen molar-refractivity contribution in [1.29, 1.82) is 0 Å². The second-order valence-electron chi connectivity index (χ2n) is 14.4. The molecule has 2 heterocycles. The van der Waals surface area contributed by atoms with Gasteiger partial charge in [-0.3, -0.25) is 24.4 Å². The number of carbonyl (C=O) groups excluding carboxylic acids is 3. The van der Waals surface area contributed by atoms with Crippen LogP contribution in [0.5, 0.6) is 0 Å². The van der Waals surface area contributed by atoms with E-state index in [0.29, 0.717) is 49.6 Å². The van der Waals surface area contributed by atoms with Crippen molar-refractivity contribution in [3.8, 4) is 0 Å². The van der Waals surface area contributed by atoms with Crippen LogP contribution in [0.2, 0.25) is 0 Å². The van der Waals surface area contributed by atoms with Gasteiger partial charge >= 0.3 is 0 Å². The number of nitrogens with zero attached hydrogens (tertiary/aromatic N) is 6. The quantitative estimate of drug-likeness (QED) is 0.0681. The minimum atomic E-state index is -0.555. The van der Waals surface area contributed by atoms with E-state index >= 15 is 0 Å². The molecule has 0 aromatic heterocycles. The molecule has 3 N–H and O–H groups in total. The highest BCUT2D eigenvalue weighted by atomic mass is 16.2. The zero-order chi connectivity index (χ0) is 39.3. The largest absolute Gasteiger partial charge is 0.385 e. The van der Waals surface area contributed by atoms with Gasteiger partial charge in [-0.2, -0.15) is 0 Å². The van der Waals surface area contributed by atoms with Gasteiger partial charge in [0.05, 0.1) is 17.4 Å². The number of hydrogen-bond donors (Lipinski definition) is 3. The molecule has 2 aromatic rings. The maximum Gasteiger partial charge on any atom is 0.252 e. The van der Waals surface area contributed by atoms with E-state index < -0.39 is 6.04 Å². The van der Waals surface area contributed by atoms with E-state index in [1.807, 2.05) is 56.3 Å². The van der Waals surface area contributed by atoms with Gasteiger partial charge in [0.1, 0.15) is 12.7 Å². The predicted molar refractivity (Wildman–Crippen MR) is 223 cm³/mol. The third kappa shape index (κ3) is 11.1. The van der Waals surface area contributed by atoms with Gasteiger partial charge in [-0.25, -0.2) is 9.98 Å². The molecule has 1 aliphatic carbocycles. The van der Waals surface area contributed by atoms with Crippen LogP contribution in [0.3, 0.4) is 0 Å². The molecule has 0 radical (unpaired) electrons. The number of allylic oxidation sites excluding steroid dienone is 2. The first-order valence-electron chi connectivity index (χ1n) is 18.9. The van der Waals surface area contributed by atoms with E-state index in [1.165, 1.54) is 4.90 Å².